The molecular formula is C24H34N6O3. The van der Waals surface area contributed by atoms with E-state index in [4.69, 9.17) is 0 Å². The molecule has 2 heterocycles. The van der Waals surface area contributed by atoms with Gasteiger partial charge in [-0.05, 0) is 24.8 Å². The molecule has 0 fully saturated rings. The second-order valence-corrected chi connectivity index (χ2v) is 8.89. The number of hydrogen-bond acceptors (Lipinski definition) is 5. The molecule has 33 heavy (non-hydrogen) atoms. The number of carbonyl (C=O) groups is 3. The highest BCUT2D eigenvalue weighted by Gasteiger charge is 2.29. The number of nitrogens with zero attached hydrogens (tertiary/aromatic N) is 4. The van der Waals surface area contributed by atoms with Crippen LogP contribution >= 0.6 is 0 Å². The van der Waals surface area contributed by atoms with Crippen LogP contribution in [0.15, 0.2) is 30.3 Å². The summed E-state index contributed by atoms with van der Waals surface area (Å²) >= 11 is 0. The Morgan fingerprint density at radius 3 is 2.52 bits per heavy atom. The Labute approximate surface area is 194 Å². The van der Waals surface area contributed by atoms with Crippen molar-refractivity contribution >= 4 is 17.7 Å². The molecule has 0 bridgehead atoms. The number of amides is 3. The van der Waals surface area contributed by atoms with Crippen LogP contribution in [0, 0.1) is 12.8 Å². The molecule has 178 valence electrons. The topological polar surface area (TPSA) is 109 Å². The molecule has 1 aromatic heterocycles. The molecule has 2 N–H and O–H groups in total. The molecule has 2 aromatic rings. The first-order valence-corrected chi connectivity index (χ1v) is 11.5. The van der Waals surface area contributed by atoms with Crippen molar-refractivity contribution in [3.8, 4) is 0 Å². The highest BCUT2D eigenvalue weighted by Crippen LogP contribution is 2.21. The summed E-state index contributed by atoms with van der Waals surface area (Å²) in [6, 6.07) is 8.52. The van der Waals surface area contributed by atoms with Crippen molar-refractivity contribution in [2.24, 2.45) is 5.92 Å². The molecule has 0 unspecified atom stereocenters. The molecule has 0 saturated heterocycles. The second-order valence-electron chi connectivity index (χ2n) is 8.89. The summed E-state index contributed by atoms with van der Waals surface area (Å²) < 4.78 is 1.78. The van der Waals surface area contributed by atoms with Gasteiger partial charge in [0.25, 0.3) is 0 Å². The number of carbonyl (C=O) groups excluding carboxylic acids is 3. The minimum absolute atomic E-state index is 0.0428. The maximum absolute atomic E-state index is 13.4. The van der Waals surface area contributed by atoms with Crippen LogP contribution in [-0.2, 0) is 27.3 Å². The summed E-state index contributed by atoms with van der Waals surface area (Å²) in [4.78, 5) is 44.5. The molecule has 1 aliphatic rings. The van der Waals surface area contributed by atoms with Gasteiger partial charge in [0.05, 0.1) is 12.6 Å². The third kappa shape index (κ3) is 6.63. The number of rotatable bonds is 3. The maximum atomic E-state index is 13.4. The van der Waals surface area contributed by atoms with Gasteiger partial charge in [-0.1, -0.05) is 44.2 Å². The van der Waals surface area contributed by atoms with Crippen molar-refractivity contribution < 1.29 is 14.4 Å². The van der Waals surface area contributed by atoms with Gasteiger partial charge in [-0.15, -0.1) is 0 Å². The second kappa shape index (κ2) is 11.1. The summed E-state index contributed by atoms with van der Waals surface area (Å²) in [6.45, 7) is 8.76. The Bertz CT molecular complexity index is 972. The van der Waals surface area contributed by atoms with Crippen LogP contribution in [0.25, 0.3) is 0 Å². The number of aromatic nitrogens is 3. The molecule has 0 spiro atoms. The lowest BCUT2D eigenvalue weighted by Crippen LogP contribution is -2.50. The normalized spacial score (nSPS) is 20.6. The standard InChI is InChI=1S/C24H34N6O3/c1-16(2)22-23-25-17(3)28-30(23)14-13-29(18(4)31)12-8-11-21(32)26-20(24(33)27-22)15-19-9-6-5-7-10-19/h5-7,9-10,16,20,22H,8,11-15H2,1-4H3,(H,26,32)(H,27,33)/t20-,22+/m0/s1. The van der Waals surface area contributed by atoms with E-state index in [-0.39, 0.29) is 36.1 Å². The van der Waals surface area contributed by atoms with Crippen molar-refractivity contribution in [2.75, 3.05) is 13.1 Å². The van der Waals surface area contributed by atoms with Crippen molar-refractivity contribution in [2.45, 2.75) is 65.6 Å². The fourth-order valence-corrected chi connectivity index (χ4v) is 4.05. The van der Waals surface area contributed by atoms with Crippen LogP contribution in [0.4, 0.5) is 0 Å². The number of benzene rings is 1. The van der Waals surface area contributed by atoms with Crippen LogP contribution in [0.2, 0.25) is 0 Å². The Morgan fingerprint density at radius 1 is 1.12 bits per heavy atom. The SMILES string of the molecule is CC(=O)N1CCCC(=O)N[C@@H](Cc2ccccc2)C(=O)N[C@H](C(C)C)c2nc(C)nn2CC1. The van der Waals surface area contributed by atoms with Crippen molar-refractivity contribution in [3.05, 3.63) is 47.5 Å². The monoisotopic (exact) mass is 454 g/mol. The van der Waals surface area contributed by atoms with Crippen molar-refractivity contribution in [1.82, 2.24) is 30.3 Å². The van der Waals surface area contributed by atoms with Crippen molar-refractivity contribution in [3.63, 3.8) is 0 Å². The van der Waals surface area contributed by atoms with Crippen LogP contribution < -0.4 is 10.6 Å². The van der Waals surface area contributed by atoms with Crippen LogP contribution in [0.3, 0.4) is 0 Å². The molecule has 3 rings (SSSR count). The van der Waals surface area contributed by atoms with Crippen LogP contribution in [0.1, 0.15) is 56.9 Å². The van der Waals surface area contributed by atoms with Gasteiger partial charge in [0.15, 0.2) is 0 Å². The van der Waals surface area contributed by atoms with Gasteiger partial charge in [0, 0.05) is 32.9 Å². The van der Waals surface area contributed by atoms with E-state index in [0.717, 1.165) is 5.56 Å². The quantitative estimate of drug-likeness (QED) is 0.735. The first kappa shape index (κ1) is 24.4. The average Bonchev–Trinajstić information content (AvgIpc) is 3.13. The first-order chi connectivity index (χ1) is 15.7. The lowest BCUT2D eigenvalue weighted by atomic mass is 10.0. The Kier molecular flexibility index (Phi) is 8.19. The van der Waals surface area contributed by atoms with Gasteiger partial charge in [-0.3, -0.25) is 14.4 Å². The van der Waals surface area contributed by atoms with E-state index >= 15 is 0 Å². The zero-order valence-electron chi connectivity index (χ0n) is 19.9. The molecule has 3 amide bonds. The first-order valence-electron chi connectivity index (χ1n) is 11.5. The van der Waals surface area contributed by atoms with Gasteiger partial charge in [-0.25, -0.2) is 9.67 Å². The van der Waals surface area contributed by atoms with Gasteiger partial charge < -0.3 is 15.5 Å². The maximum Gasteiger partial charge on any atom is 0.243 e. The third-order valence-electron chi connectivity index (χ3n) is 5.84. The summed E-state index contributed by atoms with van der Waals surface area (Å²) in [5, 5.41) is 10.5. The van der Waals surface area contributed by atoms with Crippen LogP contribution in [-0.4, -0.2) is 56.5 Å². The Hall–Kier alpha value is -3.23. The van der Waals surface area contributed by atoms with E-state index in [0.29, 0.717) is 44.1 Å². The summed E-state index contributed by atoms with van der Waals surface area (Å²) in [5.74, 6) is 0.809. The fraction of sp³-hybridized carbons (Fsp3) is 0.542. The van der Waals surface area contributed by atoms with Gasteiger partial charge in [0.2, 0.25) is 17.7 Å². The summed E-state index contributed by atoms with van der Waals surface area (Å²) in [6.07, 6.45) is 1.14. The minimum atomic E-state index is -0.717. The molecule has 0 radical (unpaired) electrons. The highest BCUT2D eigenvalue weighted by atomic mass is 16.2. The van der Waals surface area contributed by atoms with E-state index < -0.39 is 6.04 Å². The molecule has 9 nitrogen and oxygen atoms in total. The molecule has 2 atom stereocenters. The fourth-order valence-electron chi connectivity index (χ4n) is 4.05. The molecule has 0 aliphatic carbocycles. The van der Waals surface area contributed by atoms with E-state index in [1.54, 1.807) is 9.58 Å². The molecule has 9 heteroatoms. The Balaban J connectivity index is 1.94. The average molecular weight is 455 g/mol. The van der Waals surface area contributed by atoms with E-state index in [1.165, 1.54) is 6.92 Å². The molecular weight excluding hydrogens is 420 g/mol. The number of aryl methyl sites for hydroxylation is 1. The van der Waals surface area contributed by atoms with Gasteiger partial charge >= 0.3 is 0 Å². The molecule has 1 aromatic carbocycles. The summed E-state index contributed by atoms with van der Waals surface area (Å²) in [5.41, 5.74) is 0.960. The predicted octanol–water partition coefficient (Wildman–Crippen LogP) is 1.77. The zero-order chi connectivity index (χ0) is 24.0. The predicted molar refractivity (Wildman–Crippen MR) is 124 cm³/mol. The largest absolute Gasteiger partial charge is 0.344 e. The molecule has 0 saturated carbocycles. The zero-order valence-corrected chi connectivity index (χ0v) is 19.9. The third-order valence-corrected chi connectivity index (χ3v) is 5.84. The lowest BCUT2D eigenvalue weighted by Gasteiger charge is -2.27. The van der Waals surface area contributed by atoms with E-state index in [9.17, 15) is 14.4 Å². The van der Waals surface area contributed by atoms with E-state index in [2.05, 4.69) is 20.7 Å². The number of hydrogen-bond donors (Lipinski definition) is 2. The highest BCUT2D eigenvalue weighted by molar-refractivity contribution is 5.88. The lowest BCUT2D eigenvalue weighted by molar-refractivity contribution is -0.130. The summed E-state index contributed by atoms with van der Waals surface area (Å²) in [7, 11) is 0. The van der Waals surface area contributed by atoms with Gasteiger partial charge in [-0.2, -0.15) is 5.10 Å². The smallest absolute Gasteiger partial charge is 0.243 e. The van der Waals surface area contributed by atoms with Crippen LogP contribution in [0.5, 0.6) is 0 Å². The van der Waals surface area contributed by atoms with E-state index in [1.807, 2.05) is 51.1 Å². The minimum Gasteiger partial charge on any atom is -0.344 e. The number of fused-ring (bicyclic) bond motifs is 1. The Morgan fingerprint density at radius 2 is 1.85 bits per heavy atom. The van der Waals surface area contributed by atoms with Gasteiger partial charge in [0.1, 0.15) is 17.7 Å². The molecule has 1 aliphatic heterocycles. The van der Waals surface area contributed by atoms with Crippen molar-refractivity contribution in [1.29, 1.82) is 0 Å². The number of nitrogens with one attached hydrogen (secondary N) is 2.